The van der Waals surface area contributed by atoms with Gasteiger partial charge in [-0.25, -0.2) is 0 Å². The summed E-state index contributed by atoms with van der Waals surface area (Å²) < 4.78 is 0. The maximum Gasteiger partial charge on any atom is 0.243 e. The molecule has 1 atom stereocenters. The van der Waals surface area contributed by atoms with E-state index in [1.807, 2.05) is 18.2 Å². The van der Waals surface area contributed by atoms with Crippen LogP contribution in [0.2, 0.25) is 0 Å². The van der Waals surface area contributed by atoms with Crippen molar-refractivity contribution in [3.63, 3.8) is 0 Å². The van der Waals surface area contributed by atoms with Gasteiger partial charge in [-0.05, 0) is 25.3 Å². The minimum absolute atomic E-state index is 0.251. The van der Waals surface area contributed by atoms with Crippen LogP contribution in [0, 0.1) is 0 Å². The Morgan fingerprint density at radius 3 is 2.75 bits per heavy atom. The van der Waals surface area contributed by atoms with Crippen LogP contribution in [0.15, 0.2) is 30.3 Å². The second-order valence-corrected chi connectivity index (χ2v) is 6.16. The van der Waals surface area contributed by atoms with Crippen molar-refractivity contribution >= 4 is 34.0 Å². The smallest absolute Gasteiger partial charge is 0.243 e. The lowest BCUT2D eigenvalue weighted by Crippen LogP contribution is -2.20. The molecule has 0 radical (unpaired) electrons. The molecule has 1 aromatic heterocycles. The molecule has 6 heteroatoms. The molecule has 0 saturated heterocycles. The molecule has 0 saturated carbocycles. The van der Waals surface area contributed by atoms with E-state index in [4.69, 9.17) is 11.6 Å². The topological polar surface area (TPSA) is 54.9 Å². The number of aryl methyl sites for hydroxylation is 2. The summed E-state index contributed by atoms with van der Waals surface area (Å²) in [6.45, 7) is 1.62. The molecule has 2 aromatic rings. The van der Waals surface area contributed by atoms with Crippen molar-refractivity contribution in [1.82, 2.24) is 10.2 Å². The van der Waals surface area contributed by atoms with Gasteiger partial charge in [-0.3, -0.25) is 10.1 Å². The second-order valence-electron chi connectivity index (χ2n) is 4.45. The predicted molar refractivity (Wildman–Crippen MR) is 82.3 cm³/mol. The molecule has 0 aliphatic heterocycles. The molecular formula is C14H16ClN3OS. The highest BCUT2D eigenvalue weighted by atomic mass is 35.5. The highest BCUT2D eigenvalue weighted by Crippen LogP contribution is 2.18. The Bertz CT molecular complexity index is 557. The molecule has 20 heavy (non-hydrogen) atoms. The fourth-order valence-electron chi connectivity index (χ4n) is 1.70. The average molecular weight is 310 g/mol. The molecule has 0 bridgehead atoms. The van der Waals surface area contributed by atoms with Crippen molar-refractivity contribution in [2.75, 3.05) is 5.32 Å². The van der Waals surface area contributed by atoms with E-state index < -0.39 is 5.38 Å². The lowest BCUT2D eigenvalue weighted by molar-refractivity contribution is -0.115. The monoisotopic (exact) mass is 309 g/mol. The number of nitrogens with one attached hydrogen (secondary N) is 1. The minimum atomic E-state index is -0.569. The Hall–Kier alpha value is -1.46. The number of rotatable bonds is 6. The number of halogens is 1. The van der Waals surface area contributed by atoms with Crippen LogP contribution in [-0.2, 0) is 17.6 Å². The first-order valence-electron chi connectivity index (χ1n) is 6.46. The van der Waals surface area contributed by atoms with Crippen LogP contribution in [-0.4, -0.2) is 21.5 Å². The first-order valence-corrected chi connectivity index (χ1v) is 7.71. The SMILES string of the molecule is CC(Cl)C(=O)Nc1nnc(CCCc2ccccc2)s1. The number of alkyl halides is 1. The van der Waals surface area contributed by atoms with Crippen LogP contribution < -0.4 is 5.32 Å². The molecule has 106 valence electrons. The lowest BCUT2D eigenvalue weighted by atomic mass is 10.1. The molecule has 0 aliphatic rings. The van der Waals surface area contributed by atoms with Crippen molar-refractivity contribution in [1.29, 1.82) is 0 Å². The van der Waals surface area contributed by atoms with Gasteiger partial charge in [0.05, 0.1) is 0 Å². The Kier molecular flexibility index (Phi) is 5.49. The third-order valence-electron chi connectivity index (χ3n) is 2.76. The molecule has 1 heterocycles. The molecule has 1 aromatic carbocycles. The van der Waals surface area contributed by atoms with E-state index >= 15 is 0 Å². The first kappa shape index (κ1) is 14.9. The predicted octanol–water partition coefficient (Wildman–Crippen LogP) is 3.28. The zero-order valence-electron chi connectivity index (χ0n) is 11.2. The summed E-state index contributed by atoms with van der Waals surface area (Å²) in [7, 11) is 0. The van der Waals surface area contributed by atoms with Crippen LogP contribution in [0.5, 0.6) is 0 Å². The minimum Gasteiger partial charge on any atom is -0.299 e. The number of hydrogen-bond acceptors (Lipinski definition) is 4. The largest absolute Gasteiger partial charge is 0.299 e. The zero-order chi connectivity index (χ0) is 14.4. The van der Waals surface area contributed by atoms with E-state index in [0.717, 1.165) is 24.3 Å². The summed E-state index contributed by atoms with van der Waals surface area (Å²) in [5.74, 6) is -0.251. The van der Waals surface area contributed by atoms with Crippen molar-refractivity contribution < 1.29 is 4.79 Å². The molecule has 0 aliphatic carbocycles. The van der Waals surface area contributed by atoms with Gasteiger partial charge in [0.25, 0.3) is 0 Å². The Morgan fingerprint density at radius 1 is 1.30 bits per heavy atom. The number of hydrogen-bond donors (Lipinski definition) is 1. The van der Waals surface area contributed by atoms with Gasteiger partial charge >= 0.3 is 0 Å². The summed E-state index contributed by atoms with van der Waals surface area (Å²) in [5, 5.41) is 11.5. The molecular weight excluding hydrogens is 294 g/mol. The van der Waals surface area contributed by atoms with Crippen LogP contribution in [0.1, 0.15) is 23.9 Å². The van der Waals surface area contributed by atoms with Gasteiger partial charge in [0.2, 0.25) is 11.0 Å². The van der Waals surface area contributed by atoms with E-state index in [0.29, 0.717) is 5.13 Å². The van der Waals surface area contributed by atoms with Gasteiger partial charge in [-0.15, -0.1) is 21.8 Å². The third-order valence-corrected chi connectivity index (χ3v) is 3.85. The number of carbonyl (C=O) groups excluding carboxylic acids is 1. The van der Waals surface area contributed by atoms with Crippen molar-refractivity contribution in [3.8, 4) is 0 Å². The average Bonchev–Trinajstić information content (AvgIpc) is 2.87. The quantitative estimate of drug-likeness (QED) is 0.833. The zero-order valence-corrected chi connectivity index (χ0v) is 12.7. The highest BCUT2D eigenvalue weighted by Gasteiger charge is 2.12. The van der Waals surface area contributed by atoms with E-state index in [2.05, 4.69) is 27.6 Å². The number of carbonyl (C=O) groups is 1. The number of nitrogens with zero attached hydrogens (tertiary/aromatic N) is 2. The maximum atomic E-state index is 11.4. The third kappa shape index (κ3) is 4.58. The van der Waals surface area contributed by atoms with Gasteiger partial charge in [0, 0.05) is 6.42 Å². The number of amides is 1. The van der Waals surface area contributed by atoms with Gasteiger partial charge < -0.3 is 0 Å². The second kappa shape index (κ2) is 7.36. The summed E-state index contributed by atoms with van der Waals surface area (Å²) in [5.41, 5.74) is 1.32. The Labute approximate surface area is 127 Å². The van der Waals surface area contributed by atoms with Crippen LogP contribution in [0.25, 0.3) is 0 Å². The summed E-state index contributed by atoms with van der Waals surface area (Å²) >= 11 is 7.08. The number of aromatic nitrogens is 2. The van der Waals surface area contributed by atoms with Gasteiger partial charge in [-0.1, -0.05) is 41.7 Å². The molecule has 1 N–H and O–H groups in total. The van der Waals surface area contributed by atoms with Crippen LogP contribution >= 0.6 is 22.9 Å². The fraction of sp³-hybridized carbons (Fsp3) is 0.357. The van der Waals surface area contributed by atoms with Gasteiger partial charge in [-0.2, -0.15) is 0 Å². The molecule has 1 amide bonds. The summed E-state index contributed by atoms with van der Waals surface area (Å²) in [6.07, 6.45) is 2.89. The van der Waals surface area contributed by atoms with E-state index in [1.54, 1.807) is 6.92 Å². The normalized spacial score (nSPS) is 12.1. The van der Waals surface area contributed by atoms with Crippen LogP contribution in [0.4, 0.5) is 5.13 Å². The molecule has 0 spiro atoms. The highest BCUT2D eigenvalue weighted by molar-refractivity contribution is 7.15. The van der Waals surface area contributed by atoms with Gasteiger partial charge in [0.15, 0.2) is 0 Å². The Balaban J connectivity index is 1.80. The summed E-state index contributed by atoms with van der Waals surface area (Å²) in [6, 6.07) is 10.3. The lowest BCUT2D eigenvalue weighted by Gasteiger charge is -2.00. The summed E-state index contributed by atoms with van der Waals surface area (Å²) in [4.78, 5) is 11.4. The number of benzene rings is 1. The maximum absolute atomic E-state index is 11.4. The van der Waals surface area contributed by atoms with E-state index in [1.165, 1.54) is 16.9 Å². The molecule has 2 rings (SSSR count). The molecule has 4 nitrogen and oxygen atoms in total. The molecule has 0 fully saturated rings. The van der Waals surface area contributed by atoms with E-state index in [-0.39, 0.29) is 5.91 Å². The van der Waals surface area contributed by atoms with Crippen molar-refractivity contribution in [2.24, 2.45) is 0 Å². The first-order chi connectivity index (χ1) is 9.65. The van der Waals surface area contributed by atoms with Gasteiger partial charge in [0.1, 0.15) is 10.4 Å². The van der Waals surface area contributed by atoms with Crippen molar-refractivity contribution in [3.05, 3.63) is 40.9 Å². The fourth-order valence-corrected chi connectivity index (χ4v) is 2.54. The molecule has 1 unspecified atom stereocenters. The standard InChI is InChI=1S/C14H16ClN3OS/c1-10(15)13(19)16-14-18-17-12(20-14)9-5-8-11-6-3-2-4-7-11/h2-4,6-7,10H,5,8-9H2,1H3,(H,16,18,19). The van der Waals surface area contributed by atoms with Crippen molar-refractivity contribution in [2.45, 2.75) is 31.6 Å². The van der Waals surface area contributed by atoms with E-state index in [9.17, 15) is 4.79 Å². The Morgan fingerprint density at radius 2 is 2.05 bits per heavy atom. The number of anilines is 1. The van der Waals surface area contributed by atoms with Crippen LogP contribution in [0.3, 0.4) is 0 Å².